The van der Waals surface area contributed by atoms with E-state index in [-0.39, 0.29) is 35.5 Å². The Bertz CT molecular complexity index is 795. The fourth-order valence-electron chi connectivity index (χ4n) is 4.91. The molecule has 0 unspecified atom stereocenters. The molecule has 32 heavy (non-hydrogen) atoms. The zero-order valence-electron chi connectivity index (χ0n) is 19.3. The molecule has 1 saturated heterocycles. The number of methoxy groups -OCH3 is 1. The van der Waals surface area contributed by atoms with E-state index in [2.05, 4.69) is 17.4 Å². The Hall–Kier alpha value is -2.08. The van der Waals surface area contributed by atoms with Gasteiger partial charge in [-0.3, -0.25) is 14.4 Å². The normalized spacial score (nSPS) is 23.0. The predicted octanol–water partition coefficient (Wildman–Crippen LogP) is 4.17. The zero-order valence-corrected chi connectivity index (χ0v) is 20.1. The molecule has 0 aromatic heterocycles. The molecule has 0 spiro atoms. The highest BCUT2D eigenvalue weighted by molar-refractivity contribution is 6.30. The van der Waals surface area contributed by atoms with Crippen molar-refractivity contribution >= 4 is 29.4 Å². The molecule has 1 aliphatic carbocycles. The van der Waals surface area contributed by atoms with Gasteiger partial charge in [0.25, 0.3) is 0 Å². The van der Waals surface area contributed by atoms with E-state index in [1.807, 2.05) is 30.9 Å². The summed E-state index contributed by atoms with van der Waals surface area (Å²) in [4.78, 5) is 39.8. The number of carbonyl (C=O) groups is 3. The number of hydrogen-bond acceptors (Lipinski definition) is 4. The number of likely N-dealkylation sites (tertiary alicyclic amines) is 1. The number of carbonyl (C=O) groups excluding carboxylic acids is 3. The van der Waals surface area contributed by atoms with Crippen LogP contribution in [0.2, 0.25) is 5.02 Å². The van der Waals surface area contributed by atoms with Crippen molar-refractivity contribution in [3.05, 3.63) is 34.9 Å². The van der Waals surface area contributed by atoms with E-state index in [0.717, 1.165) is 17.9 Å². The number of hydrogen-bond donors (Lipinski definition) is 1. The second-order valence-corrected chi connectivity index (χ2v) is 9.89. The summed E-state index contributed by atoms with van der Waals surface area (Å²) in [6.07, 6.45) is 4.42. The minimum atomic E-state index is -0.520. The Morgan fingerprint density at radius 3 is 2.06 bits per heavy atom. The van der Waals surface area contributed by atoms with Gasteiger partial charge in [-0.15, -0.1) is 0 Å². The molecule has 0 radical (unpaired) electrons. The molecule has 1 aliphatic heterocycles. The van der Waals surface area contributed by atoms with E-state index in [0.29, 0.717) is 44.7 Å². The fraction of sp³-hybridized carbons (Fsp3) is 0.640. The average Bonchev–Trinajstić information content (AvgIpc) is 2.82. The minimum Gasteiger partial charge on any atom is -0.469 e. The van der Waals surface area contributed by atoms with Gasteiger partial charge in [-0.05, 0) is 68.1 Å². The number of rotatable bonds is 6. The summed E-state index contributed by atoms with van der Waals surface area (Å²) >= 11 is 6.00. The van der Waals surface area contributed by atoms with Crippen LogP contribution in [0, 0.1) is 17.8 Å². The number of amides is 2. The number of ether oxygens (including phenoxy) is 1. The highest BCUT2D eigenvalue weighted by atomic mass is 35.5. The van der Waals surface area contributed by atoms with Crippen LogP contribution in [0.4, 0.5) is 0 Å². The molecule has 1 atom stereocenters. The van der Waals surface area contributed by atoms with Gasteiger partial charge in [-0.25, -0.2) is 0 Å². The molecule has 1 aromatic carbocycles. The zero-order chi connectivity index (χ0) is 23.3. The molecule has 2 aliphatic rings. The van der Waals surface area contributed by atoms with Gasteiger partial charge in [0.1, 0.15) is 6.04 Å². The second kappa shape index (κ2) is 11.2. The molecule has 1 heterocycles. The third-order valence-corrected chi connectivity index (χ3v) is 7.26. The molecule has 2 fully saturated rings. The summed E-state index contributed by atoms with van der Waals surface area (Å²) < 4.78 is 4.83. The predicted molar refractivity (Wildman–Crippen MR) is 124 cm³/mol. The summed E-state index contributed by atoms with van der Waals surface area (Å²) in [6.45, 7) is 5.32. The molecular weight excluding hydrogens is 428 g/mol. The summed E-state index contributed by atoms with van der Waals surface area (Å²) in [6, 6.07) is 7.44. The fourth-order valence-corrected chi connectivity index (χ4v) is 5.03. The summed E-state index contributed by atoms with van der Waals surface area (Å²) in [5.74, 6) is -0.0991. The lowest BCUT2D eigenvalue weighted by Crippen LogP contribution is -2.54. The first kappa shape index (κ1) is 24.6. The van der Waals surface area contributed by atoms with Crippen LogP contribution in [-0.4, -0.2) is 48.9 Å². The van der Waals surface area contributed by atoms with Crippen molar-refractivity contribution in [1.82, 2.24) is 10.2 Å². The molecule has 1 N–H and O–H groups in total. The Balaban J connectivity index is 1.53. The third kappa shape index (κ3) is 6.03. The Morgan fingerprint density at radius 2 is 1.53 bits per heavy atom. The SMILES string of the molecule is COC(=O)C1CCC(C(=O)N[C@@H](C(=O)N2CCC(c3ccc(Cl)cc3)CC2)C(C)C)CC1. The van der Waals surface area contributed by atoms with Crippen LogP contribution in [0.1, 0.15) is 63.9 Å². The van der Waals surface area contributed by atoms with Crippen molar-refractivity contribution in [1.29, 1.82) is 0 Å². The topological polar surface area (TPSA) is 75.7 Å². The van der Waals surface area contributed by atoms with Gasteiger partial charge in [0.2, 0.25) is 11.8 Å². The number of nitrogens with zero attached hydrogens (tertiary/aromatic N) is 1. The maximum atomic E-state index is 13.3. The van der Waals surface area contributed by atoms with E-state index >= 15 is 0 Å². The monoisotopic (exact) mass is 462 g/mol. The number of halogens is 1. The van der Waals surface area contributed by atoms with Crippen molar-refractivity contribution in [3.63, 3.8) is 0 Å². The first-order chi connectivity index (χ1) is 15.3. The molecule has 1 saturated carbocycles. The maximum absolute atomic E-state index is 13.3. The van der Waals surface area contributed by atoms with Crippen LogP contribution in [0.25, 0.3) is 0 Å². The number of benzene rings is 1. The van der Waals surface area contributed by atoms with Crippen LogP contribution in [0.5, 0.6) is 0 Å². The van der Waals surface area contributed by atoms with Gasteiger partial charge in [0, 0.05) is 24.0 Å². The van der Waals surface area contributed by atoms with Crippen LogP contribution in [0.15, 0.2) is 24.3 Å². The average molecular weight is 463 g/mol. The van der Waals surface area contributed by atoms with Crippen molar-refractivity contribution in [2.45, 2.75) is 64.3 Å². The third-order valence-electron chi connectivity index (χ3n) is 7.01. The van der Waals surface area contributed by atoms with E-state index in [1.54, 1.807) is 0 Å². The highest BCUT2D eigenvalue weighted by Gasteiger charge is 2.35. The highest BCUT2D eigenvalue weighted by Crippen LogP contribution is 2.31. The van der Waals surface area contributed by atoms with Gasteiger partial charge in [-0.1, -0.05) is 37.6 Å². The van der Waals surface area contributed by atoms with Gasteiger partial charge in [-0.2, -0.15) is 0 Å². The lowest BCUT2D eigenvalue weighted by molar-refractivity contribution is -0.147. The lowest BCUT2D eigenvalue weighted by Gasteiger charge is -2.36. The quantitative estimate of drug-likeness (QED) is 0.644. The molecule has 1 aromatic rings. The molecule has 0 bridgehead atoms. The lowest BCUT2D eigenvalue weighted by atomic mass is 9.81. The van der Waals surface area contributed by atoms with Crippen molar-refractivity contribution in [2.24, 2.45) is 17.8 Å². The summed E-state index contributed by atoms with van der Waals surface area (Å²) in [7, 11) is 1.40. The Labute approximate surface area is 196 Å². The van der Waals surface area contributed by atoms with Gasteiger partial charge >= 0.3 is 5.97 Å². The van der Waals surface area contributed by atoms with Crippen LogP contribution >= 0.6 is 11.6 Å². The molecule has 3 rings (SSSR count). The molecule has 2 amide bonds. The molecular formula is C25H35ClN2O4. The van der Waals surface area contributed by atoms with Gasteiger partial charge < -0.3 is 15.0 Å². The van der Waals surface area contributed by atoms with E-state index in [4.69, 9.17) is 16.3 Å². The van der Waals surface area contributed by atoms with Crippen LogP contribution in [0.3, 0.4) is 0 Å². The van der Waals surface area contributed by atoms with Crippen LogP contribution < -0.4 is 5.32 Å². The van der Waals surface area contributed by atoms with E-state index < -0.39 is 6.04 Å². The Kier molecular flexibility index (Phi) is 8.57. The standard InChI is InChI=1S/C25H35ClN2O4/c1-16(2)22(27-23(29)19-4-6-20(7-5-19)25(31)32-3)24(30)28-14-12-18(13-15-28)17-8-10-21(26)11-9-17/h8-11,16,18-20,22H,4-7,12-15H2,1-3H3,(H,27,29)/t19?,20?,22-/m1/s1. The number of piperidine rings is 1. The van der Waals surface area contributed by atoms with E-state index in [1.165, 1.54) is 12.7 Å². The first-order valence-corrected chi connectivity index (χ1v) is 12.1. The first-order valence-electron chi connectivity index (χ1n) is 11.7. The van der Waals surface area contributed by atoms with Gasteiger partial charge in [0.05, 0.1) is 13.0 Å². The van der Waals surface area contributed by atoms with E-state index in [9.17, 15) is 14.4 Å². The van der Waals surface area contributed by atoms with Crippen LogP contribution in [-0.2, 0) is 19.1 Å². The molecule has 176 valence electrons. The smallest absolute Gasteiger partial charge is 0.308 e. The van der Waals surface area contributed by atoms with Gasteiger partial charge in [0.15, 0.2) is 0 Å². The van der Waals surface area contributed by atoms with Crippen molar-refractivity contribution in [2.75, 3.05) is 20.2 Å². The largest absolute Gasteiger partial charge is 0.469 e. The second-order valence-electron chi connectivity index (χ2n) is 9.45. The number of nitrogens with one attached hydrogen (secondary N) is 1. The maximum Gasteiger partial charge on any atom is 0.308 e. The van der Waals surface area contributed by atoms with Crippen molar-refractivity contribution in [3.8, 4) is 0 Å². The molecule has 7 heteroatoms. The summed E-state index contributed by atoms with van der Waals surface area (Å²) in [5, 5.41) is 3.76. The number of esters is 1. The Morgan fingerprint density at radius 1 is 0.969 bits per heavy atom. The summed E-state index contributed by atoms with van der Waals surface area (Å²) in [5.41, 5.74) is 1.26. The minimum absolute atomic E-state index is 0.00570. The van der Waals surface area contributed by atoms with Crippen molar-refractivity contribution < 1.29 is 19.1 Å². The molecule has 6 nitrogen and oxygen atoms in total.